The van der Waals surface area contributed by atoms with Crippen LogP contribution in [-0.2, 0) is 6.54 Å². The SMILES string of the molecule is CCC(C)(CNCC(C)C)CN(C)Cc1cc(Br)cs1. The molecule has 0 aliphatic heterocycles. The molecule has 1 aromatic heterocycles. The number of nitrogens with one attached hydrogen (secondary N) is 1. The molecule has 2 nitrogen and oxygen atoms in total. The van der Waals surface area contributed by atoms with Gasteiger partial charge in [-0.05, 0) is 53.3 Å². The normalized spacial score (nSPS) is 15.0. The second kappa shape index (κ2) is 8.52. The first-order valence-corrected chi connectivity index (χ1v) is 9.14. The van der Waals surface area contributed by atoms with Gasteiger partial charge in [-0.25, -0.2) is 0 Å². The van der Waals surface area contributed by atoms with Gasteiger partial charge >= 0.3 is 0 Å². The average molecular weight is 361 g/mol. The van der Waals surface area contributed by atoms with Crippen LogP contribution in [0.15, 0.2) is 15.9 Å². The summed E-state index contributed by atoms with van der Waals surface area (Å²) in [5.41, 5.74) is 0.345. The molecule has 0 aromatic carbocycles. The Hall–Kier alpha value is 0.1000. The molecular formula is C16H29BrN2S. The Morgan fingerprint density at radius 3 is 2.65 bits per heavy atom. The van der Waals surface area contributed by atoms with Gasteiger partial charge in [-0.2, -0.15) is 0 Å². The van der Waals surface area contributed by atoms with Gasteiger partial charge < -0.3 is 10.2 Å². The van der Waals surface area contributed by atoms with Gasteiger partial charge in [-0.3, -0.25) is 0 Å². The summed E-state index contributed by atoms with van der Waals surface area (Å²) in [6.45, 7) is 13.6. The molecule has 0 amide bonds. The summed E-state index contributed by atoms with van der Waals surface area (Å²) in [5, 5.41) is 5.78. The molecule has 0 fully saturated rings. The molecule has 1 unspecified atom stereocenters. The smallest absolute Gasteiger partial charge is 0.0325 e. The number of thiophene rings is 1. The molecule has 0 aliphatic carbocycles. The van der Waals surface area contributed by atoms with E-state index in [2.05, 4.69) is 72.3 Å². The van der Waals surface area contributed by atoms with E-state index >= 15 is 0 Å². The molecule has 116 valence electrons. The van der Waals surface area contributed by atoms with Gasteiger partial charge in [0, 0.05) is 34.4 Å². The lowest BCUT2D eigenvalue weighted by Gasteiger charge is -2.33. The van der Waals surface area contributed by atoms with Crippen molar-refractivity contribution in [1.82, 2.24) is 10.2 Å². The zero-order chi connectivity index (χ0) is 15.2. The van der Waals surface area contributed by atoms with Crippen LogP contribution < -0.4 is 5.32 Å². The molecule has 0 saturated carbocycles. The van der Waals surface area contributed by atoms with Crippen LogP contribution in [-0.4, -0.2) is 31.6 Å². The van der Waals surface area contributed by atoms with Gasteiger partial charge in [0.05, 0.1) is 0 Å². The van der Waals surface area contributed by atoms with Crippen molar-refractivity contribution in [2.45, 2.75) is 40.7 Å². The molecule has 1 N–H and O–H groups in total. The van der Waals surface area contributed by atoms with E-state index in [1.165, 1.54) is 15.8 Å². The lowest BCUT2D eigenvalue weighted by atomic mass is 9.86. The molecule has 1 rings (SSSR count). The van der Waals surface area contributed by atoms with Gasteiger partial charge in [0.1, 0.15) is 0 Å². The topological polar surface area (TPSA) is 15.3 Å². The number of halogens is 1. The van der Waals surface area contributed by atoms with Crippen molar-refractivity contribution in [2.75, 3.05) is 26.7 Å². The van der Waals surface area contributed by atoms with Crippen molar-refractivity contribution in [1.29, 1.82) is 0 Å². The molecule has 0 saturated heterocycles. The predicted molar refractivity (Wildman–Crippen MR) is 94.5 cm³/mol. The van der Waals surface area contributed by atoms with Crippen LogP contribution in [0, 0.1) is 11.3 Å². The summed E-state index contributed by atoms with van der Waals surface area (Å²) in [4.78, 5) is 3.87. The van der Waals surface area contributed by atoms with E-state index in [-0.39, 0.29) is 0 Å². The third-order valence-corrected chi connectivity index (χ3v) is 5.34. The number of nitrogens with zero attached hydrogens (tertiary/aromatic N) is 1. The largest absolute Gasteiger partial charge is 0.316 e. The first-order chi connectivity index (χ1) is 9.34. The summed E-state index contributed by atoms with van der Waals surface area (Å²) < 4.78 is 1.20. The molecule has 1 aromatic rings. The Bertz CT molecular complexity index is 392. The minimum absolute atomic E-state index is 0.345. The number of hydrogen-bond acceptors (Lipinski definition) is 3. The van der Waals surface area contributed by atoms with E-state index in [0.29, 0.717) is 5.41 Å². The lowest BCUT2D eigenvalue weighted by molar-refractivity contribution is 0.175. The van der Waals surface area contributed by atoms with Gasteiger partial charge in [-0.15, -0.1) is 11.3 Å². The molecule has 0 spiro atoms. The van der Waals surface area contributed by atoms with Gasteiger partial charge in [-0.1, -0.05) is 27.7 Å². The first kappa shape index (κ1) is 18.1. The second-order valence-corrected chi connectivity index (χ2v) is 8.50. The molecule has 20 heavy (non-hydrogen) atoms. The van der Waals surface area contributed by atoms with Crippen molar-refractivity contribution in [3.8, 4) is 0 Å². The molecular weight excluding hydrogens is 332 g/mol. The standard InChI is InChI=1S/C16H29BrN2S/c1-6-16(4,11-18-8-13(2)3)12-19(5)9-15-7-14(17)10-20-15/h7,10,13,18H,6,8-9,11-12H2,1-5H3. The van der Waals surface area contributed by atoms with E-state index in [9.17, 15) is 0 Å². The van der Waals surface area contributed by atoms with Crippen molar-refractivity contribution in [2.24, 2.45) is 11.3 Å². The number of rotatable bonds is 9. The fraction of sp³-hybridized carbons (Fsp3) is 0.750. The highest BCUT2D eigenvalue weighted by Crippen LogP contribution is 2.24. The van der Waals surface area contributed by atoms with Crippen LogP contribution in [0.4, 0.5) is 0 Å². The quantitative estimate of drug-likeness (QED) is 0.691. The fourth-order valence-corrected chi connectivity index (χ4v) is 3.90. The van der Waals surface area contributed by atoms with E-state index < -0.39 is 0 Å². The van der Waals surface area contributed by atoms with E-state index in [0.717, 1.165) is 32.1 Å². The van der Waals surface area contributed by atoms with Crippen LogP contribution in [0.5, 0.6) is 0 Å². The molecule has 0 bridgehead atoms. The van der Waals surface area contributed by atoms with Crippen molar-refractivity contribution in [3.05, 3.63) is 20.8 Å². The van der Waals surface area contributed by atoms with Gasteiger partial charge in [0.25, 0.3) is 0 Å². The molecule has 0 radical (unpaired) electrons. The van der Waals surface area contributed by atoms with Gasteiger partial charge in [0.2, 0.25) is 0 Å². The third kappa shape index (κ3) is 6.70. The van der Waals surface area contributed by atoms with Crippen LogP contribution in [0.25, 0.3) is 0 Å². The number of hydrogen-bond donors (Lipinski definition) is 1. The minimum Gasteiger partial charge on any atom is -0.316 e. The maximum atomic E-state index is 3.62. The Balaban J connectivity index is 2.44. The van der Waals surface area contributed by atoms with E-state index in [1.54, 1.807) is 0 Å². The maximum absolute atomic E-state index is 3.62. The van der Waals surface area contributed by atoms with E-state index in [4.69, 9.17) is 0 Å². The summed E-state index contributed by atoms with van der Waals surface area (Å²) in [6, 6.07) is 2.22. The third-order valence-electron chi connectivity index (χ3n) is 3.66. The minimum atomic E-state index is 0.345. The Labute approximate surface area is 137 Å². The Morgan fingerprint density at radius 2 is 2.15 bits per heavy atom. The van der Waals surface area contributed by atoms with Crippen LogP contribution >= 0.6 is 27.3 Å². The highest BCUT2D eigenvalue weighted by molar-refractivity contribution is 9.10. The summed E-state index contributed by atoms with van der Waals surface area (Å²) in [5.74, 6) is 0.720. The van der Waals surface area contributed by atoms with Crippen LogP contribution in [0.1, 0.15) is 39.0 Å². The summed E-state index contributed by atoms with van der Waals surface area (Å²) in [6.07, 6.45) is 1.20. The Kier molecular flexibility index (Phi) is 7.73. The van der Waals surface area contributed by atoms with Gasteiger partial charge in [0.15, 0.2) is 0 Å². The predicted octanol–water partition coefficient (Wildman–Crippen LogP) is 4.60. The highest BCUT2D eigenvalue weighted by atomic mass is 79.9. The van der Waals surface area contributed by atoms with Crippen LogP contribution in [0.3, 0.4) is 0 Å². The van der Waals surface area contributed by atoms with Crippen molar-refractivity contribution < 1.29 is 0 Å². The average Bonchev–Trinajstić information content (AvgIpc) is 2.73. The van der Waals surface area contributed by atoms with Crippen LogP contribution in [0.2, 0.25) is 0 Å². The fourth-order valence-electron chi connectivity index (χ4n) is 2.37. The zero-order valence-electron chi connectivity index (χ0n) is 13.5. The highest BCUT2D eigenvalue weighted by Gasteiger charge is 2.23. The van der Waals surface area contributed by atoms with Crippen molar-refractivity contribution >= 4 is 27.3 Å². The zero-order valence-corrected chi connectivity index (χ0v) is 15.9. The Morgan fingerprint density at radius 1 is 1.45 bits per heavy atom. The summed E-state index contributed by atoms with van der Waals surface area (Å²) in [7, 11) is 2.23. The lowest BCUT2D eigenvalue weighted by Crippen LogP contribution is -2.41. The first-order valence-electron chi connectivity index (χ1n) is 7.47. The molecule has 0 aliphatic rings. The molecule has 1 atom stereocenters. The monoisotopic (exact) mass is 360 g/mol. The maximum Gasteiger partial charge on any atom is 0.0325 e. The summed E-state index contributed by atoms with van der Waals surface area (Å²) >= 11 is 5.36. The molecule has 4 heteroatoms. The van der Waals surface area contributed by atoms with E-state index in [1.807, 2.05) is 11.3 Å². The second-order valence-electron chi connectivity index (χ2n) is 6.59. The molecule has 1 heterocycles. The van der Waals surface area contributed by atoms with Crippen molar-refractivity contribution in [3.63, 3.8) is 0 Å².